The molecule has 0 spiro atoms. The third-order valence-corrected chi connectivity index (χ3v) is 5.05. The summed E-state index contributed by atoms with van der Waals surface area (Å²) in [4.78, 5) is 2.43. The van der Waals surface area contributed by atoms with Crippen molar-refractivity contribution in [3.05, 3.63) is 78.0 Å². The van der Waals surface area contributed by atoms with Gasteiger partial charge in [-0.15, -0.1) is 0 Å². The van der Waals surface area contributed by atoms with Gasteiger partial charge in [0, 0.05) is 37.2 Å². The average molecular weight is 333 g/mol. The maximum atomic E-state index is 6.04. The SMILES string of the molecule is NC[C@@H]1CN(Cc2cc(-c3ccccc3)on2)C[C@H]1c1ccccc1. The third kappa shape index (κ3) is 3.50. The topological polar surface area (TPSA) is 55.3 Å². The Morgan fingerprint density at radius 1 is 1.00 bits per heavy atom. The van der Waals surface area contributed by atoms with E-state index in [1.54, 1.807) is 0 Å². The molecule has 0 aliphatic carbocycles. The van der Waals surface area contributed by atoms with Gasteiger partial charge in [-0.05, 0) is 18.0 Å². The van der Waals surface area contributed by atoms with Crippen LogP contribution < -0.4 is 5.73 Å². The number of nitrogens with two attached hydrogens (primary N) is 1. The van der Waals surface area contributed by atoms with E-state index in [1.165, 1.54) is 5.56 Å². The maximum Gasteiger partial charge on any atom is 0.167 e. The molecule has 0 bridgehead atoms. The molecule has 2 atom stereocenters. The first-order valence-corrected chi connectivity index (χ1v) is 8.82. The summed E-state index contributed by atoms with van der Waals surface area (Å²) in [5.41, 5.74) is 9.45. The van der Waals surface area contributed by atoms with Crippen molar-refractivity contribution in [3.63, 3.8) is 0 Å². The van der Waals surface area contributed by atoms with Gasteiger partial charge in [-0.25, -0.2) is 0 Å². The normalized spacial score (nSPS) is 20.8. The fraction of sp³-hybridized carbons (Fsp3) is 0.286. The number of aromatic nitrogens is 1. The fourth-order valence-electron chi connectivity index (χ4n) is 3.76. The molecule has 4 rings (SSSR count). The van der Waals surface area contributed by atoms with Crippen molar-refractivity contribution in [2.24, 2.45) is 11.7 Å². The van der Waals surface area contributed by atoms with E-state index in [9.17, 15) is 0 Å². The first-order chi connectivity index (χ1) is 12.3. The van der Waals surface area contributed by atoms with Gasteiger partial charge in [0.05, 0.1) is 5.69 Å². The van der Waals surface area contributed by atoms with E-state index < -0.39 is 0 Å². The highest BCUT2D eigenvalue weighted by Crippen LogP contribution is 2.33. The molecule has 128 valence electrons. The minimum absolute atomic E-state index is 0.489. The van der Waals surface area contributed by atoms with Crippen LogP contribution in [-0.2, 0) is 6.54 Å². The second-order valence-electron chi connectivity index (χ2n) is 6.76. The van der Waals surface area contributed by atoms with E-state index in [1.807, 2.05) is 36.4 Å². The Morgan fingerprint density at radius 3 is 2.44 bits per heavy atom. The molecule has 0 radical (unpaired) electrons. The Balaban J connectivity index is 1.46. The van der Waals surface area contributed by atoms with Gasteiger partial charge in [0.15, 0.2) is 5.76 Å². The van der Waals surface area contributed by atoms with Crippen LogP contribution >= 0.6 is 0 Å². The summed E-state index contributed by atoms with van der Waals surface area (Å²) in [6.45, 7) is 3.53. The molecular formula is C21H23N3O. The van der Waals surface area contributed by atoms with Crippen LogP contribution in [0.15, 0.2) is 71.3 Å². The Kier molecular flexibility index (Phi) is 4.63. The molecule has 25 heavy (non-hydrogen) atoms. The third-order valence-electron chi connectivity index (χ3n) is 5.05. The average Bonchev–Trinajstić information content (AvgIpc) is 3.30. The Bertz CT molecular complexity index is 800. The molecule has 0 unspecified atom stereocenters. The molecule has 1 aliphatic heterocycles. The van der Waals surface area contributed by atoms with E-state index >= 15 is 0 Å². The summed E-state index contributed by atoms with van der Waals surface area (Å²) >= 11 is 0. The second-order valence-corrected chi connectivity index (χ2v) is 6.76. The van der Waals surface area contributed by atoms with E-state index in [-0.39, 0.29) is 0 Å². The van der Waals surface area contributed by atoms with Gasteiger partial charge in [-0.1, -0.05) is 65.8 Å². The van der Waals surface area contributed by atoms with Crippen LogP contribution in [0.5, 0.6) is 0 Å². The van der Waals surface area contributed by atoms with Crippen LogP contribution in [0.25, 0.3) is 11.3 Å². The number of nitrogens with zero attached hydrogens (tertiary/aromatic N) is 2. The van der Waals surface area contributed by atoms with Gasteiger partial charge >= 0.3 is 0 Å². The standard InChI is InChI=1S/C21H23N3O/c22-12-18-13-24(15-20(18)16-7-3-1-4-8-16)14-19-11-21(25-23-19)17-9-5-2-6-10-17/h1-11,18,20H,12-15,22H2/t18-,20+/m1/s1. The summed E-state index contributed by atoms with van der Waals surface area (Å²) in [5, 5.41) is 4.26. The number of benzene rings is 2. The lowest BCUT2D eigenvalue weighted by Crippen LogP contribution is -2.23. The van der Waals surface area contributed by atoms with Gasteiger partial charge in [0.1, 0.15) is 0 Å². The van der Waals surface area contributed by atoms with E-state index in [4.69, 9.17) is 10.3 Å². The van der Waals surface area contributed by atoms with E-state index in [2.05, 4.69) is 40.4 Å². The molecule has 2 N–H and O–H groups in total. The number of rotatable bonds is 5. The molecule has 4 heteroatoms. The zero-order valence-corrected chi connectivity index (χ0v) is 14.2. The quantitative estimate of drug-likeness (QED) is 0.776. The van der Waals surface area contributed by atoms with Crippen LogP contribution in [0.1, 0.15) is 17.2 Å². The summed E-state index contributed by atoms with van der Waals surface area (Å²) in [5.74, 6) is 1.80. The van der Waals surface area contributed by atoms with Crippen LogP contribution in [0.4, 0.5) is 0 Å². The summed E-state index contributed by atoms with van der Waals surface area (Å²) in [6.07, 6.45) is 0. The smallest absolute Gasteiger partial charge is 0.167 e. The Morgan fingerprint density at radius 2 is 1.72 bits per heavy atom. The molecule has 0 saturated carbocycles. The zero-order chi connectivity index (χ0) is 17.1. The van der Waals surface area contributed by atoms with Crippen molar-refractivity contribution >= 4 is 0 Å². The first kappa shape index (κ1) is 16.1. The molecule has 3 aromatic rings. The molecule has 1 saturated heterocycles. The van der Waals surface area contributed by atoms with Crippen LogP contribution in [0.3, 0.4) is 0 Å². The fourth-order valence-corrected chi connectivity index (χ4v) is 3.76. The summed E-state index contributed by atoms with van der Waals surface area (Å²) in [7, 11) is 0. The van der Waals surface area contributed by atoms with Crippen LogP contribution in [0.2, 0.25) is 0 Å². The minimum Gasteiger partial charge on any atom is -0.356 e. The van der Waals surface area contributed by atoms with Crippen molar-refractivity contribution in [2.75, 3.05) is 19.6 Å². The molecular weight excluding hydrogens is 310 g/mol. The maximum absolute atomic E-state index is 6.04. The molecule has 1 aromatic heterocycles. The van der Waals surface area contributed by atoms with Crippen molar-refractivity contribution in [3.8, 4) is 11.3 Å². The first-order valence-electron chi connectivity index (χ1n) is 8.82. The molecule has 1 fully saturated rings. The molecule has 4 nitrogen and oxygen atoms in total. The van der Waals surface area contributed by atoms with E-state index in [0.29, 0.717) is 18.4 Å². The highest BCUT2D eigenvalue weighted by molar-refractivity contribution is 5.56. The van der Waals surface area contributed by atoms with E-state index in [0.717, 1.165) is 36.7 Å². The molecule has 2 heterocycles. The summed E-state index contributed by atoms with van der Waals surface area (Å²) in [6, 6.07) is 22.8. The predicted octanol–water partition coefficient (Wildman–Crippen LogP) is 3.52. The minimum atomic E-state index is 0.489. The largest absolute Gasteiger partial charge is 0.356 e. The Labute approximate surface area is 148 Å². The van der Waals surface area contributed by atoms with Crippen LogP contribution in [0, 0.1) is 5.92 Å². The monoisotopic (exact) mass is 333 g/mol. The highest BCUT2D eigenvalue weighted by atomic mass is 16.5. The lowest BCUT2D eigenvalue weighted by Gasteiger charge is -2.16. The van der Waals surface area contributed by atoms with Gasteiger partial charge in [-0.2, -0.15) is 0 Å². The number of hydrogen-bond acceptors (Lipinski definition) is 4. The van der Waals surface area contributed by atoms with Crippen molar-refractivity contribution in [1.82, 2.24) is 10.1 Å². The number of hydrogen-bond donors (Lipinski definition) is 1. The van der Waals surface area contributed by atoms with Crippen molar-refractivity contribution < 1.29 is 4.52 Å². The van der Waals surface area contributed by atoms with Crippen molar-refractivity contribution in [1.29, 1.82) is 0 Å². The van der Waals surface area contributed by atoms with Crippen LogP contribution in [-0.4, -0.2) is 29.7 Å². The van der Waals surface area contributed by atoms with Gasteiger partial charge in [0.2, 0.25) is 0 Å². The second kappa shape index (κ2) is 7.21. The van der Waals surface area contributed by atoms with Gasteiger partial charge in [-0.3, -0.25) is 4.90 Å². The number of likely N-dealkylation sites (tertiary alicyclic amines) is 1. The molecule has 2 aromatic carbocycles. The van der Waals surface area contributed by atoms with Gasteiger partial charge < -0.3 is 10.3 Å². The van der Waals surface area contributed by atoms with Gasteiger partial charge in [0.25, 0.3) is 0 Å². The summed E-state index contributed by atoms with van der Waals surface area (Å²) < 4.78 is 5.52. The Hall–Kier alpha value is -2.43. The molecule has 0 amide bonds. The molecule has 1 aliphatic rings. The predicted molar refractivity (Wildman–Crippen MR) is 98.9 cm³/mol. The van der Waals surface area contributed by atoms with Crippen molar-refractivity contribution in [2.45, 2.75) is 12.5 Å². The zero-order valence-electron chi connectivity index (χ0n) is 14.2. The lowest BCUT2D eigenvalue weighted by atomic mass is 9.89. The lowest BCUT2D eigenvalue weighted by molar-refractivity contribution is 0.303. The highest BCUT2D eigenvalue weighted by Gasteiger charge is 2.33.